The van der Waals surface area contributed by atoms with Crippen molar-refractivity contribution in [3.63, 3.8) is 0 Å². The second-order valence-electron chi connectivity index (χ2n) is 6.81. The molecule has 3 rings (SSSR count). The number of hydrogen-bond donors (Lipinski definition) is 1. The molecule has 2 aromatic carbocycles. The Hall–Kier alpha value is -2.38. The van der Waals surface area contributed by atoms with Crippen LogP contribution >= 0.6 is 15.9 Å². The molecule has 1 aliphatic heterocycles. The maximum Gasteiger partial charge on any atom is 0.254 e. The summed E-state index contributed by atoms with van der Waals surface area (Å²) in [5.41, 5.74) is 2.40. The summed E-state index contributed by atoms with van der Waals surface area (Å²) < 4.78 is 6.28. The van der Waals surface area contributed by atoms with Crippen LogP contribution in [-0.4, -0.2) is 61.4 Å². The molecule has 0 aliphatic carbocycles. The number of halogens is 1. The monoisotopic (exact) mass is 445 g/mol. The molecule has 2 amide bonds. The van der Waals surface area contributed by atoms with Gasteiger partial charge in [0.25, 0.3) is 5.91 Å². The summed E-state index contributed by atoms with van der Waals surface area (Å²) in [6.07, 6.45) is 0. The molecule has 0 bridgehead atoms. The van der Waals surface area contributed by atoms with Crippen LogP contribution in [0.4, 0.5) is 5.69 Å². The molecule has 1 saturated heterocycles. The summed E-state index contributed by atoms with van der Waals surface area (Å²) in [5, 5.41) is 2.90. The third-order valence-corrected chi connectivity index (χ3v) is 5.34. The van der Waals surface area contributed by atoms with Crippen LogP contribution in [0.1, 0.15) is 15.9 Å². The van der Waals surface area contributed by atoms with Gasteiger partial charge in [-0.05, 0) is 48.9 Å². The summed E-state index contributed by atoms with van der Waals surface area (Å²) >= 11 is 3.38. The van der Waals surface area contributed by atoms with E-state index in [-0.39, 0.29) is 11.8 Å². The summed E-state index contributed by atoms with van der Waals surface area (Å²) in [7, 11) is 1.61. The van der Waals surface area contributed by atoms with Gasteiger partial charge in [-0.3, -0.25) is 14.5 Å². The Bertz CT molecular complexity index is 846. The van der Waals surface area contributed by atoms with Crippen LogP contribution in [0.5, 0.6) is 5.75 Å². The number of rotatable bonds is 5. The Morgan fingerprint density at radius 2 is 1.75 bits per heavy atom. The molecule has 1 fully saturated rings. The highest BCUT2D eigenvalue weighted by Gasteiger charge is 2.23. The van der Waals surface area contributed by atoms with Gasteiger partial charge in [0, 0.05) is 41.9 Å². The van der Waals surface area contributed by atoms with Gasteiger partial charge in [0.15, 0.2) is 0 Å². The van der Waals surface area contributed by atoms with E-state index < -0.39 is 0 Å². The highest BCUT2D eigenvalue weighted by atomic mass is 79.9. The SMILES string of the molecule is COc1cc(C(=O)N2CCN(CC(=O)Nc3ccc(Br)cc3)CC2)ccc1C. The number of methoxy groups -OCH3 is 1. The summed E-state index contributed by atoms with van der Waals surface area (Å²) in [6, 6.07) is 13.0. The number of anilines is 1. The van der Waals surface area contributed by atoms with Gasteiger partial charge in [-0.15, -0.1) is 0 Å². The van der Waals surface area contributed by atoms with Crippen LogP contribution in [0, 0.1) is 6.92 Å². The molecule has 2 aromatic rings. The Balaban J connectivity index is 1.50. The van der Waals surface area contributed by atoms with Crippen LogP contribution in [0.2, 0.25) is 0 Å². The van der Waals surface area contributed by atoms with Gasteiger partial charge < -0.3 is 15.0 Å². The number of amides is 2. The minimum absolute atomic E-state index is 0.00253. The van der Waals surface area contributed by atoms with Crippen molar-refractivity contribution < 1.29 is 14.3 Å². The molecule has 1 heterocycles. The lowest BCUT2D eigenvalue weighted by atomic mass is 10.1. The Morgan fingerprint density at radius 3 is 2.39 bits per heavy atom. The first-order valence-electron chi connectivity index (χ1n) is 9.18. The lowest BCUT2D eigenvalue weighted by Gasteiger charge is -2.34. The molecule has 28 heavy (non-hydrogen) atoms. The van der Waals surface area contributed by atoms with E-state index >= 15 is 0 Å². The molecule has 1 N–H and O–H groups in total. The lowest BCUT2D eigenvalue weighted by molar-refractivity contribution is -0.117. The smallest absolute Gasteiger partial charge is 0.254 e. The van der Waals surface area contributed by atoms with E-state index in [1.807, 2.05) is 48.2 Å². The number of carbonyl (C=O) groups excluding carboxylic acids is 2. The maximum atomic E-state index is 12.7. The molecule has 0 unspecified atom stereocenters. The van der Waals surface area contributed by atoms with Gasteiger partial charge in [0.05, 0.1) is 13.7 Å². The Labute approximate surface area is 173 Å². The van der Waals surface area contributed by atoms with Crippen molar-refractivity contribution in [2.75, 3.05) is 45.2 Å². The van der Waals surface area contributed by atoms with Crippen molar-refractivity contribution in [2.24, 2.45) is 0 Å². The number of benzene rings is 2. The normalized spacial score (nSPS) is 14.6. The second kappa shape index (κ2) is 9.21. The standard InChI is InChI=1S/C21H24BrN3O3/c1-15-3-4-16(13-19(15)28-2)21(27)25-11-9-24(10-12-25)14-20(26)23-18-7-5-17(22)6-8-18/h3-8,13H,9-12,14H2,1-2H3,(H,23,26). The highest BCUT2D eigenvalue weighted by molar-refractivity contribution is 9.10. The van der Waals surface area contributed by atoms with Crippen LogP contribution in [0.3, 0.4) is 0 Å². The van der Waals surface area contributed by atoms with E-state index in [4.69, 9.17) is 4.74 Å². The molecule has 7 heteroatoms. The highest BCUT2D eigenvalue weighted by Crippen LogP contribution is 2.20. The van der Waals surface area contributed by atoms with Crippen molar-refractivity contribution in [2.45, 2.75) is 6.92 Å². The van der Waals surface area contributed by atoms with Gasteiger partial charge in [-0.2, -0.15) is 0 Å². The number of nitrogens with zero attached hydrogens (tertiary/aromatic N) is 2. The topological polar surface area (TPSA) is 61.9 Å². The molecule has 6 nitrogen and oxygen atoms in total. The first-order valence-corrected chi connectivity index (χ1v) is 9.97. The largest absolute Gasteiger partial charge is 0.496 e. The molecular formula is C21H24BrN3O3. The summed E-state index contributed by atoms with van der Waals surface area (Å²) in [4.78, 5) is 28.9. The molecule has 0 spiro atoms. The maximum absolute atomic E-state index is 12.7. The molecule has 1 aliphatic rings. The van der Waals surface area contributed by atoms with Gasteiger partial charge in [0.2, 0.25) is 5.91 Å². The quantitative estimate of drug-likeness (QED) is 0.767. The number of hydrogen-bond acceptors (Lipinski definition) is 4. The molecule has 0 aromatic heterocycles. The lowest BCUT2D eigenvalue weighted by Crippen LogP contribution is -2.50. The molecule has 0 radical (unpaired) electrons. The predicted molar refractivity (Wildman–Crippen MR) is 113 cm³/mol. The fraction of sp³-hybridized carbons (Fsp3) is 0.333. The average molecular weight is 446 g/mol. The molecule has 0 saturated carbocycles. The number of carbonyl (C=O) groups is 2. The Morgan fingerprint density at radius 1 is 1.07 bits per heavy atom. The van der Waals surface area contributed by atoms with Gasteiger partial charge in [-0.1, -0.05) is 22.0 Å². The van der Waals surface area contributed by atoms with Crippen molar-refractivity contribution in [1.29, 1.82) is 0 Å². The predicted octanol–water partition coefficient (Wildman–Crippen LogP) is 3.16. The summed E-state index contributed by atoms with van der Waals surface area (Å²) in [6.45, 7) is 4.80. The number of nitrogens with one attached hydrogen (secondary N) is 1. The number of aryl methyl sites for hydroxylation is 1. The average Bonchev–Trinajstić information content (AvgIpc) is 2.70. The molecule has 0 atom stereocenters. The first kappa shape index (κ1) is 20.4. The van der Waals surface area contributed by atoms with Crippen LogP contribution in [0.15, 0.2) is 46.9 Å². The minimum Gasteiger partial charge on any atom is -0.496 e. The third-order valence-electron chi connectivity index (χ3n) is 4.81. The van der Waals surface area contributed by atoms with Crippen molar-refractivity contribution in [3.05, 3.63) is 58.1 Å². The summed E-state index contributed by atoms with van der Waals surface area (Å²) in [5.74, 6) is 0.664. The van der Waals surface area contributed by atoms with E-state index in [1.165, 1.54) is 0 Å². The Kier molecular flexibility index (Phi) is 6.70. The minimum atomic E-state index is -0.0506. The van der Waals surface area contributed by atoms with Gasteiger partial charge in [-0.25, -0.2) is 0 Å². The second-order valence-corrected chi connectivity index (χ2v) is 7.72. The van der Waals surface area contributed by atoms with E-state index in [1.54, 1.807) is 13.2 Å². The zero-order chi connectivity index (χ0) is 20.1. The zero-order valence-corrected chi connectivity index (χ0v) is 17.7. The number of piperazine rings is 1. The third kappa shape index (κ3) is 5.11. The molecular weight excluding hydrogens is 422 g/mol. The van der Waals surface area contributed by atoms with Gasteiger partial charge >= 0.3 is 0 Å². The van der Waals surface area contributed by atoms with Crippen LogP contribution < -0.4 is 10.1 Å². The number of ether oxygens (including phenoxy) is 1. The van der Waals surface area contributed by atoms with Crippen molar-refractivity contribution >= 4 is 33.4 Å². The fourth-order valence-corrected chi connectivity index (χ4v) is 3.45. The van der Waals surface area contributed by atoms with E-state index in [2.05, 4.69) is 26.1 Å². The fourth-order valence-electron chi connectivity index (χ4n) is 3.18. The zero-order valence-electron chi connectivity index (χ0n) is 16.1. The molecule has 148 valence electrons. The van der Waals surface area contributed by atoms with Crippen LogP contribution in [-0.2, 0) is 4.79 Å². The van der Waals surface area contributed by atoms with Gasteiger partial charge in [0.1, 0.15) is 5.75 Å². The van der Waals surface area contributed by atoms with E-state index in [9.17, 15) is 9.59 Å². The van der Waals surface area contributed by atoms with E-state index in [0.29, 0.717) is 44.0 Å². The van der Waals surface area contributed by atoms with Crippen molar-refractivity contribution in [1.82, 2.24) is 9.80 Å². The van der Waals surface area contributed by atoms with Crippen molar-refractivity contribution in [3.8, 4) is 5.75 Å². The van der Waals surface area contributed by atoms with Crippen LogP contribution in [0.25, 0.3) is 0 Å². The first-order chi connectivity index (χ1) is 13.5. The van der Waals surface area contributed by atoms with E-state index in [0.717, 1.165) is 15.7 Å².